The smallest absolute Gasteiger partial charge is 0.333 e. The third-order valence-electron chi connectivity index (χ3n) is 15.8. The van der Waals surface area contributed by atoms with Crippen molar-refractivity contribution in [3.05, 3.63) is 215 Å². The number of nitrogens with zero attached hydrogens (tertiary/aromatic N) is 2. The van der Waals surface area contributed by atoms with Crippen molar-refractivity contribution in [2.45, 2.75) is 65.2 Å². The maximum Gasteiger partial charge on any atom is 0.333 e. The second kappa shape index (κ2) is 15.0. The molecule has 0 radical (unpaired) electrons. The summed E-state index contributed by atoms with van der Waals surface area (Å²) in [5, 5.41) is 9.76. The fraction of sp³-hybridized carbons (Fsp3) is 0.152. The Kier molecular flexibility index (Phi) is 8.85. The van der Waals surface area contributed by atoms with Crippen LogP contribution in [-0.4, -0.2) is 11.3 Å². The third-order valence-corrected chi connectivity index (χ3v) is 15.8. The predicted molar refractivity (Wildman–Crippen MR) is 303 cm³/mol. The summed E-state index contributed by atoms with van der Waals surface area (Å²) < 4.78 is 9.60. The summed E-state index contributed by atoms with van der Waals surface area (Å²) in [6.45, 7) is 13.8. The molecule has 342 valence electrons. The largest absolute Gasteiger partial charge is 0.455 e. The van der Waals surface area contributed by atoms with E-state index in [1.165, 1.54) is 99.1 Å². The van der Waals surface area contributed by atoms with Crippen LogP contribution >= 0.6 is 0 Å². The molecule has 4 nitrogen and oxygen atoms in total. The first-order valence-electron chi connectivity index (χ1n) is 25.2. The van der Waals surface area contributed by atoms with Crippen LogP contribution in [0.15, 0.2) is 186 Å². The molecule has 4 heterocycles. The Morgan fingerprint density at radius 1 is 0.493 bits per heavy atom. The molecule has 0 fully saturated rings. The summed E-state index contributed by atoms with van der Waals surface area (Å²) in [5.41, 5.74) is 28.2. The highest BCUT2D eigenvalue weighted by atomic mass is 16.3. The number of anilines is 4. The summed E-state index contributed by atoms with van der Waals surface area (Å²) in [6, 6.07) is 68.0. The van der Waals surface area contributed by atoms with E-state index >= 15 is 0 Å². The van der Waals surface area contributed by atoms with Gasteiger partial charge in [0.2, 0.25) is 0 Å². The normalized spacial score (nSPS) is 13.3. The van der Waals surface area contributed by atoms with Crippen molar-refractivity contribution in [1.29, 1.82) is 0 Å². The van der Waals surface area contributed by atoms with Crippen molar-refractivity contribution in [3.63, 3.8) is 0 Å². The molecule has 14 rings (SSSR count). The van der Waals surface area contributed by atoms with Gasteiger partial charge in [0.1, 0.15) is 11.2 Å². The average molecular weight is 916 g/mol. The lowest BCUT2D eigenvalue weighted by Gasteiger charge is -2.42. The zero-order valence-corrected chi connectivity index (χ0v) is 41.2. The van der Waals surface area contributed by atoms with E-state index in [1.807, 2.05) is 0 Å². The fourth-order valence-corrected chi connectivity index (χ4v) is 12.4. The van der Waals surface area contributed by atoms with Crippen LogP contribution in [0.25, 0.3) is 76.4 Å². The zero-order chi connectivity index (χ0) is 48.1. The first kappa shape index (κ1) is 41.9. The van der Waals surface area contributed by atoms with E-state index in [2.05, 4.69) is 233 Å². The molecular formula is C66H54BN3O. The average Bonchev–Trinajstić information content (AvgIpc) is 3.92. The molecule has 2 aromatic heterocycles. The SMILES string of the molecule is CC(C)(C)c1cc(N2c3cc4c(Cc5ccccc5)c5ccccc5c(Cc5ccccc5)c4cc3B3c4c(cc(N)cc42)-c2cc4c5ccccc5oc4c4c5ccccc5n3c24)cc(C(C)(C)C)c1. The zero-order valence-electron chi connectivity index (χ0n) is 41.2. The summed E-state index contributed by atoms with van der Waals surface area (Å²) in [5.74, 6) is 0. The molecule has 5 heteroatoms. The number of fused-ring (bicyclic) bond motifs is 13. The van der Waals surface area contributed by atoms with Gasteiger partial charge in [-0.05, 0) is 144 Å². The first-order chi connectivity index (χ1) is 34.4. The van der Waals surface area contributed by atoms with Crippen LogP contribution in [0.3, 0.4) is 0 Å². The molecule has 0 saturated heterocycles. The molecule has 71 heavy (non-hydrogen) atoms. The van der Waals surface area contributed by atoms with Gasteiger partial charge in [0, 0.05) is 55.5 Å². The summed E-state index contributed by atoms with van der Waals surface area (Å²) >= 11 is 0. The number of hydrogen-bond donors (Lipinski definition) is 1. The van der Waals surface area contributed by atoms with Crippen molar-refractivity contribution in [3.8, 4) is 11.1 Å². The first-order valence-corrected chi connectivity index (χ1v) is 25.2. The summed E-state index contributed by atoms with van der Waals surface area (Å²) in [6.07, 6.45) is 1.61. The number of rotatable bonds is 5. The van der Waals surface area contributed by atoms with E-state index < -0.39 is 0 Å². The number of furan rings is 1. The molecular weight excluding hydrogens is 862 g/mol. The molecule has 0 spiro atoms. The Hall–Kier alpha value is -8.02. The van der Waals surface area contributed by atoms with E-state index in [-0.39, 0.29) is 17.7 Å². The van der Waals surface area contributed by atoms with Gasteiger partial charge in [-0.1, -0.05) is 175 Å². The second-order valence-corrected chi connectivity index (χ2v) is 22.3. The quantitative estimate of drug-likeness (QED) is 0.106. The van der Waals surface area contributed by atoms with Crippen molar-refractivity contribution < 1.29 is 4.42 Å². The van der Waals surface area contributed by atoms with Crippen molar-refractivity contribution in [1.82, 2.24) is 4.48 Å². The molecule has 0 saturated carbocycles. The van der Waals surface area contributed by atoms with Crippen LogP contribution in [0.2, 0.25) is 0 Å². The Balaban J connectivity index is 1.18. The Morgan fingerprint density at radius 3 is 1.69 bits per heavy atom. The number of hydrogen-bond acceptors (Lipinski definition) is 3. The highest BCUT2D eigenvalue weighted by Crippen LogP contribution is 2.51. The molecule has 10 aromatic carbocycles. The van der Waals surface area contributed by atoms with Gasteiger partial charge in [0.25, 0.3) is 0 Å². The topological polar surface area (TPSA) is 47.3 Å². The molecule has 2 N–H and O–H groups in total. The van der Waals surface area contributed by atoms with Gasteiger partial charge < -0.3 is 19.5 Å². The molecule has 2 aliphatic heterocycles. The highest BCUT2D eigenvalue weighted by molar-refractivity contribution is 6.90. The molecule has 0 aliphatic carbocycles. The van der Waals surface area contributed by atoms with E-state index in [1.54, 1.807) is 0 Å². The minimum atomic E-state index is -0.186. The van der Waals surface area contributed by atoms with Crippen molar-refractivity contribution in [2.75, 3.05) is 10.6 Å². The molecule has 0 unspecified atom stereocenters. The standard InChI is InChI=1S/C66H54BN3O/c1-65(2,3)41-31-42(66(4,5)6)33-44(32-41)69-58-38-52-50(30-40-21-11-8-12-22-40)46-24-14-13-23-45(46)49(29-39-19-9-7-10-20-39)51(52)37-56(58)67-62-53(34-43(68)35-59(62)69)54-36-55-47-25-16-18-28-60(47)71-64(55)61-48-26-15-17-27-57(48)70(67)63(54)61/h7-28,31-38H,29-30,68H2,1-6H3. The molecule has 2 aliphatic rings. The van der Waals surface area contributed by atoms with Crippen molar-refractivity contribution in [2.24, 2.45) is 0 Å². The minimum Gasteiger partial charge on any atom is -0.455 e. The van der Waals surface area contributed by atoms with Gasteiger partial charge in [0.15, 0.2) is 0 Å². The molecule has 0 atom stereocenters. The molecule has 12 aromatic rings. The predicted octanol–water partition coefficient (Wildman–Crippen LogP) is 15.8. The lowest BCUT2D eigenvalue weighted by atomic mass is 9.45. The van der Waals surface area contributed by atoms with Gasteiger partial charge in [0.05, 0.1) is 5.39 Å². The Morgan fingerprint density at radius 2 is 1.06 bits per heavy atom. The number of nitrogens with two attached hydrogens (primary N) is 1. The number of benzene rings is 10. The fourth-order valence-electron chi connectivity index (χ4n) is 12.4. The monoisotopic (exact) mass is 915 g/mol. The third kappa shape index (κ3) is 6.24. The van der Waals surface area contributed by atoms with Crippen LogP contribution in [0, 0.1) is 0 Å². The second-order valence-electron chi connectivity index (χ2n) is 22.3. The van der Waals surface area contributed by atoms with E-state index in [9.17, 15) is 0 Å². The lowest BCUT2D eigenvalue weighted by molar-refractivity contribution is 0.569. The number of para-hydroxylation sites is 2. The van der Waals surface area contributed by atoms with E-state index in [0.29, 0.717) is 0 Å². The van der Waals surface area contributed by atoms with Gasteiger partial charge in [-0.3, -0.25) is 0 Å². The van der Waals surface area contributed by atoms with Gasteiger partial charge >= 0.3 is 6.85 Å². The van der Waals surface area contributed by atoms with E-state index in [4.69, 9.17) is 10.2 Å². The van der Waals surface area contributed by atoms with Gasteiger partial charge in [-0.15, -0.1) is 0 Å². The number of nitrogen functional groups attached to an aromatic ring is 1. The Labute approximate surface area is 415 Å². The van der Waals surface area contributed by atoms with Crippen LogP contribution in [0.4, 0.5) is 22.7 Å². The molecule has 0 bridgehead atoms. The highest BCUT2D eigenvalue weighted by Gasteiger charge is 2.44. The van der Waals surface area contributed by atoms with Crippen LogP contribution in [0.5, 0.6) is 0 Å². The number of aromatic nitrogens is 1. The van der Waals surface area contributed by atoms with Gasteiger partial charge in [-0.2, -0.15) is 0 Å². The summed E-state index contributed by atoms with van der Waals surface area (Å²) in [7, 11) is 0. The lowest BCUT2D eigenvalue weighted by Crippen LogP contribution is -2.56. The maximum atomic E-state index is 7.30. The summed E-state index contributed by atoms with van der Waals surface area (Å²) in [4.78, 5) is 2.59. The van der Waals surface area contributed by atoms with Crippen LogP contribution < -0.4 is 21.6 Å². The van der Waals surface area contributed by atoms with Crippen molar-refractivity contribution >= 4 is 106 Å². The van der Waals surface area contributed by atoms with Gasteiger partial charge in [-0.25, -0.2) is 0 Å². The maximum absolute atomic E-state index is 7.30. The molecule has 0 amide bonds. The van der Waals surface area contributed by atoms with Crippen LogP contribution in [0.1, 0.15) is 74.9 Å². The Bertz CT molecular complexity index is 4170. The van der Waals surface area contributed by atoms with E-state index in [0.717, 1.165) is 57.2 Å². The minimum absolute atomic E-state index is 0.100. The van der Waals surface area contributed by atoms with Crippen LogP contribution in [-0.2, 0) is 23.7 Å².